The van der Waals surface area contributed by atoms with Crippen LogP contribution in [0.4, 0.5) is 10.1 Å². The van der Waals surface area contributed by atoms with Gasteiger partial charge in [-0.1, -0.05) is 54.1 Å². The Bertz CT molecular complexity index is 1020. The lowest BCUT2D eigenvalue weighted by molar-refractivity contribution is -0.130. The summed E-state index contributed by atoms with van der Waals surface area (Å²) in [6, 6.07) is 21.0. The average Bonchev–Trinajstić information content (AvgIpc) is 2.72. The van der Waals surface area contributed by atoms with Crippen molar-refractivity contribution in [2.75, 3.05) is 4.90 Å². The first-order valence-electron chi connectivity index (χ1n) is 9.64. The van der Waals surface area contributed by atoms with Crippen molar-refractivity contribution in [3.8, 4) is 5.75 Å². The molecule has 1 saturated heterocycles. The third-order valence-corrected chi connectivity index (χ3v) is 5.33. The van der Waals surface area contributed by atoms with Crippen LogP contribution in [0.3, 0.4) is 0 Å². The van der Waals surface area contributed by atoms with Crippen molar-refractivity contribution in [2.24, 2.45) is 5.92 Å². The van der Waals surface area contributed by atoms with Crippen LogP contribution >= 0.6 is 0 Å². The van der Waals surface area contributed by atoms with E-state index in [-0.39, 0.29) is 29.4 Å². The first kappa shape index (κ1) is 18.9. The zero-order valence-electron chi connectivity index (χ0n) is 16.1. The van der Waals surface area contributed by atoms with Gasteiger partial charge in [-0.3, -0.25) is 4.79 Å². The van der Waals surface area contributed by atoms with E-state index in [0.29, 0.717) is 12.1 Å². The molecule has 1 heterocycles. The van der Waals surface area contributed by atoms with Gasteiger partial charge < -0.3 is 10.0 Å². The molecule has 3 nitrogen and oxygen atoms in total. The summed E-state index contributed by atoms with van der Waals surface area (Å²) in [4.78, 5) is 14.6. The lowest BCUT2D eigenvalue weighted by Crippen LogP contribution is -2.55. The molecule has 4 heteroatoms. The molecule has 1 aliphatic rings. The Morgan fingerprint density at radius 2 is 1.62 bits per heavy atom. The van der Waals surface area contributed by atoms with E-state index in [4.69, 9.17) is 0 Å². The Labute approximate surface area is 169 Å². The molecule has 0 saturated carbocycles. The zero-order valence-corrected chi connectivity index (χ0v) is 16.1. The Balaban J connectivity index is 1.58. The average molecular weight is 387 g/mol. The number of carbonyl (C=O) groups excluding carboxylic acids is 1. The zero-order chi connectivity index (χ0) is 20.4. The van der Waals surface area contributed by atoms with Gasteiger partial charge in [0, 0.05) is 5.69 Å². The molecule has 4 rings (SSSR count). The van der Waals surface area contributed by atoms with Crippen LogP contribution in [0, 0.1) is 18.7 Å². The quantitative estimate of drug-likeness (QED) is 0.575. The second-order valence-corrected chi connectivity index (χ2v) is 7.38. The van der Waals surface area contributed by atoms with Crippen LogP contribution in [-0.2, 0) is 4.79 Å². The number of aromatic hydroxyl groups is 1. The summed E-state index contributed by atoms with van der Waals surface area (Å²) in [5.41, 5.74) is 3.92. The monoisotopic (exact) mass is 387 g/mol. The van der Waals surface area contributed by atoms with Crippen molar-refractivity contribution >= 4 is 17.7 Å². The van der Waals surface area contributed by atoms with Crippen LogP contribution in [-0.4, -0.2) is 11.0 Å². The number of hydrogen-bond donors (Lipinski definition) is 1. The van der Waals surface area contributed by atoms with E-state index in [1.165, 1.54) is 17.7 Å². The normalized spacial score (nSPS) is 18.8. The van der Waals surface area contributed by atoms with Gasteiger partial charge in [0.15, 0.2) is 0 Å². The van der Waals surface area contributed by atoms with Crippen molar-refractivity contribution in [3.63, 3.8) is 0 Å². The second kappa shape index (κ2) is 7.92. The standard InChI is InChI=1S/C25H22FNO2/c1-17-5-7-18(8-6-17)3-2-4-23-24(19-9-15-22(28)16-10-19)27(25(23)29)21-13-11-20(26)12-14-21/h2-3,5-16,23-24,28H,4H2,1H3/b3-2-/t23-,24-/m1/s1. The second-order valence-electron chi connectivity index (χ2n) is 7.38. The van der Waals surface area contributed by atoms with Crippen molar-refractivity contribution in [1.82, 2.24) is 0 Å². The minimum absolute atomic E-state index is 0.0169. The van der Waals surface area contributed by atoms with Crippen LogP contribution in [0.25, 0.3) is 6.08 Å². The maximum atomic E-state index is 13.3. The molecule has 0 bridgehead atoms. The highest BCUT2D eigenvalue weighted by Gasteiger charge is 2.47. The number of phenolic OH excluding ortho intramolecular Hbond substituents is 1. The molecular formula is C25H22FNO2. The highest BCUT2D eigenvalue weighted by Crippen LogP contribution is 2.45. The molecular weight excluding hydrogens is 365 g/mol. The van der Waals surface area contributed by atoms with E-state index in [9.17, 15) is 14.3 Å². The Morgan fingerprint density at radius 3 is 2.28 bits per heavy atom. The lowest BCUT2D eigenvalue weighted by atomic mass is 9.79. The number of aryl methyl sites for hydroxylation is 1. The van der Waals surface area contributed by atoms with Gasteiger partial charge in [0.05, 0.1) is 12.0 Å². The van der Waals surface area contributed by atoms with Crippen LogP contribution in [0.15, 0.2) is 78.9 Å². The van der Waals surface area contributed by atoms with Gasteiger partial charge >= 0.3 is 0 Å². The Kier molecular flexibility index (Phi) is 5.17. The summed E-state index contributed by atoms with van der Waals surface area (Å²) in [7, 11) is 0. The molecule has 3 aromatic rings. The third-order valence-electron chi connectivity index (χ3n) is 5.33. The molecule has 1 fully saturated rings. The van der Waals surface area contributed by atoms with Gasteiger partial charge in [-0.25, -0.2) is 4.39 Å². The fourth-order valence-electron chi connectivity index (χ4n) is 3.75. The fourth-order valence-corrected chi connectivity index (χ4v) is 3.75. The topological polar surface area (TPSA) is 40.5 Å². The lowest BCUT2D eigenvalue weighted by Gasteiger charge is -2.47. The summed E-state index contributed by atoms with van der Waals surface area (Å²) in [5, 5.41) is 9.61. The first-order valence-corrected chi connectivity index (χ1v) is 9.64. The van der Waals surface area contributed by atoms with Crippen LogP contribution in [0.2, 0.25) is 0 Å². The van der Waals surface area contributed by atoms with E-state index in [0.717, 1.165) is 11.1 Å². The molecule has 1 aliphatic heterocycles. The fraction of sp³-hybridized carbons (Fsp3) is 0.160. The maximum absolute atomic E-state index is 13.3. The molecule has 0 unspecified atom stereocenters. The molecule has 3 aromatic carbocycles. The van der Waals surface area contributed by atoms with Crippen molar-refractivity contribution in [1.29, 1.82) is 0 Å². The molecule has 146 valence electrons. The minimum Gasteiger partial charge on any atom is -0.508 e. The first-order chi connectivity index (χ1) is 14.0. The van der Waals surface area contributed by atoms with Crippen LogP contribution in [0.5, 0.6) is 5.75 Å². The third kappa shape index (κ3) is 3.92. The number of rotatable bonds is 5. The maximum Gasteiger partial charge on any atom is 0.233 e. The number of nitrogens with zero attached hydrogens (tertiary/aromatic N) is 1. The number of carbonyl (C=O) groups is 1. The molecule has 0 aromatic heterocycles. The van der Waals surface area contributed by atoms with E-state index in [1.54, 1.807) is 29.2 Å². The predicted molar refractivity (Wildman–Crippen MR) is 113 cm³/mol. The Hall–Kier alpha value is -3.40. The molecule has 1 N–H and O–H groups in total. The SMILES string of the molecule is Cc1ccc(/C=C\C[C@H]2C(=O)N(c3ccc(F)cc3)[C@@H]2c2ccc(O)cc2)cc1. The highest BCUT2D eigenvalue weighted by atomic mass is 19.1. The summed E-state index contributed by atoms with van der Waals surface area (Å²) in [6.45, 7) is 2.05. The predicted octanol–water partition coefficient (Wildman–Crippen LogP) is 5.65. The summed E-state index contributed by atoms with van der Waals surface area (Å²) < 4.78 is 13.3. The number of amides is 1. The molecule has 0 radical (unpaired) electrons. The number of benzene rings is 3. The molecule has 2 atom stereocenters. The molecule has 1 amide bonds. The smallest absolute Gasteiger partial charge is 0.233 e. The Morgan fingerprint density at radius 1 is 0.966 bits per heavy atom. The van der Waals surface area contributed by atoms with Crippen molar-refractivity contribution in [2.45, 2.75) is 19.4 Å². The van der Waals surface area contributed by atoms with Gasteiger partial charge in [0.25, 0.3) is 0 Å². The number of β-lactam (4-membered cyclic amide) rings is 1. The largest absolute Gasteiger partial charge is 0.508 e. The number of allylic oxidation sites excluding steroid dienone is 1. The number of phenols is 1. The van der Waals surface area contributed by atoms with E-state index < -0.39 is 0 Å². The summed E-state index contributed by atoms with van der Waals surface area (Å²) >= 11 is 0. The number of halogens is 1. The van der Waals surface area contributed by atoms with Crippen LogP contribution < -0.4 is 4.90 Å². The van der Waals surface area contributed by atoms with Gasteiger partial charge in [0.1, 0.15) is 11.6 Å². The molecule has 29 heavy (non-hydrogen) atoms. The van der Waals surface area contributed by atoms with Crippen molar-refractivity contribution in [3.05, 3.63) is 101 Å². The minimum atomic E-state index is -0.333. The summed E-state index contributed by atoms with van der Waals surface area (Å²) in [5.74, 6) is -0.335. The van der Waals surface area contributed by atoms with E-state index >= 15 is 0 Å². The van der Waals surface area contributed by atoms with E-state index in [2.05, 4.69) is 24.3 Å². The van der Waals surface area contributed by atoms with Gasteiger partial charge in [-0.05, 0) is 60.9 Å². The van der Waals surface area contributed by atoms with Crippen LogP contribution in [0.1, 0.15) is 29.2 Å². The van der Waals surface area contributed by atoms with Crippen molar-refractivity contribution < 1.29 is 14.3 Å². The molecule has 0 aliphatic carbocycles. The highest BCUT2D eigenvalue weighted by molar-refractivity contribution is 6.03. The van der Waals surface area contributed by atoms with Gasteiger partial charge in [-0.2, -0.15) is 0 Å². The number of hydrogen-bond acceptors (Lipinski definition) is 2. The number of anilines is 1. The summed E-state index contributed by atoms with van der Waals surface area (Å²) in [6.07, 6.45) is 4.67. The molecule has 0 spiro atoms. The van der Waals surface area contributed by atoms with E-state index in [1.807, 2.05) is 31.2 Å². The van der Waals surface area contributed by atoms with Gasteiger partial charge in [-0.15, -0.1) is 0 Å². The van der Waals surface area contributed by atoms with Gasteiger partial charge in [0.2, 0.25) is 5.91 Å².